The van der Waals surface area contributed by atoms with E-state index in [2.05, 4.69) is 4.98 Å². The standard InChI is InChI=1S/C14H14N2O4/c1-9-7-12(3-4-13(9)16(18)19)20-14-8-11(10(2)17)5-6-15-14/h3-8,10,17H,1-2H3. The topological polar surface area (TPSA) is 85.5 Å². The highest BCUT2D eigenvalue weighted by Gasteiger charge is 2.11. The zero-order chi connectivity index (χ0) is 14.7. The number of nitro benzene ring substituents is 1. The van der Waals surface area contributed by atoms with E-state index in [9.17, 15) is 15.2 Å². The van der Waals surface area contributed by atoms with Crippen LogP contribution in [-0.4, -0.2) is 15.0 Å². The Morgan fingerprint density at radius 3 is 2.70 bits per heavy atom. The molecule has 1 unspecified atom stereocenters. The van der Waals surface area contributed by atoms with Crippen molar-refractivity contribution < 1.29 is 14.8 Å². The van der Waals surface area contributed by atoms with Crippen LogP contribution in [0.3, 0.4) is 0 Å². The van der Waals surface area contributed by atoms with Gasteiger partial charge in [-0.1, -0.05) is 0 Å². The molecular formula is C14H14N2O4. The molecule has 2 rings (SSSR count). The van der Waals surface area contributed by atoms with Crippen LogP contribution in [0.5, 0.6) is 11.6 Å². The predicted molar refractivity (Wildman–Crippen MR) is 72.8 cm³/mol. The van der Waals surface area contributed by atoms with Gasteiger partial charge in [0.1, 0.15) is 5.75 Å². The van der Waals surface area contributed by atoms with Crippen molar-refractivity contribution in [1.82, 2.24) is 4.98 Å². The second kappa shape index (κ2) is 5.66. The second-order valence-corrected chi connectivity index (χ2v) is 4.41. The van der Waals surface area contributed by atoms with Gasteiger partial charge in [0.15, 0.2) is 0 Å². The SMILES string of the molecule is Cc1cc(Oc2cc(C(C)O)ccn2)ccc1[N+](=O)[O-]. The maximum Gasteiger partial charge on any atom is 0.272 e. The zero-order valence-electron chi connectivity index (χ0n) is 11.1. The van der Waals surface area contributed by atoms with E-state index >= 15 is 0 Å². The summed E-state index contributed by atoms with van der Waals surface area (Å²) in [6.45, 7) is 3.29. The molecule has 0 saturated heterocycles. The van der Waals surface area contributed by atoms with Gasteiger partial charge in [0, 0.05) is 23.9 Å². The van der Waals surface area contributed by atoms with Crippen molar-refractivity contribution in [3.05, 3.63) is 57.8 Å². The lowest BCUT2D eigenvalue weighted by atomic mass is 10.2. The maximum atomic E-state index is 10.7. The molecule has 0 aliphatic carbocycles. The number of aliphatic hydroxyl groups is 1. The van der Waals surface area contributed by atoms with Crippen molar-refractivity contribution >= 4 is 5.69 Å². The van der Waals surface area contributed by atoms with Crippen molar-refractivity contribution in [2.24, 2.45) is 0 Å². The number of benzene rings is 1. The first kappa shape index (κ1) is 14.0. The molecule has 20 heavy (non-hydrogen) atoms. The van der Waals surface area contributed by atoms with Crippen molar-refractivity contribution in [2.45, 2.75) is 20.0 Å². The number of rotatable bonds is 4. The summed E-state index contributed by atoms with van der Waals surface area (Å²) >= 11 is 0. The van der Waals surface area contributed by atoms with Crippen molar-refractivity contribution in [3.8, 4) is 11.6 Å². The number of hydrogen-bond donors (Lipinski definition) is 1. The molecule has 104 valence electrons. The lowest BCUT2D eigenvalue weighted by molar-refractivity contribution is -0.385. The Hall–Kier alpha value is -2.47. The fourth-order valence-electron chi connectivity index (χ4n) is 1.76. The summed E-state index contributed by atoms with van der Waals surface area (Å²) in [5.74, 6) is 0.792. The van der Waals surface area contributed by atoms with E-state index in [-0.39, 0.29) is 5.69 Å². The molecule has 0 radical (unpaired) electrons. The third-order valence-corrected chi connectivity index (χ3v) is 2.83. The smallest absolute Gasteiger partial charge is 0.272 e. The van der Waals surface area contributed by atoms with Crippen LogP contribution in [0.25, 0.3) is 0 Å². The number of ether oxygens (including phenoxy) is 1. The van der Waals surface area contributed by atoms with E-state index in [1.807, 2.05) is 0 Å². The highest BCUT2D eigenvalue weighted by molar-refractivity contribution is 5.45. The molecule has 1 aromatic heterocycles. The highest BCUT2D eigenvalue weighted by Crippen LogP contribution is 2.27. The lowest BCUT2D eigenvalue weighted by Crippen LogP contribution is -1.95. The average Bonchev–Trinajstić information content (AvgIpc) is 2.38. The van der Waals surface area contributed by atoms with E-state index in [0.29, 0.717) is 22.8 Å². The molecule has 1 heterocycles. The van der Waals surface area contributed by atoms with Crippen LogP contribution >= 0.6 is 0 Å². The molecule has 1 N–H and O–H groups in total. The summed E-state index contributed by atoms with van der Waals surface area (Å²) in [7, 11) is 0. The van der Waals surface area contributed by atoms with Crippen molar-refractivity contribution in [1.29, 1.82) is 0 Å². The van der Waals surface area contributed by atoms with Crippen molar-refractivity contribution in [2.75, 3.05) is 0 Å². The Bertz CT molecular complexity index is 641. The molecule has 0 saturated carbocycles. The monoisotopic (exact) mass is 274 g/mol. The summed E-state index contributed by atoms with van der Waals surface area (Å²) in [6.07, 6.45) is 0.925. The number of hydrogen-bond acceptors (Lipinski definition) is 5. The van der Waals surface area contributed by atoms with Gasteiger partial charge in [0.2, 0.25) is 5.88 Å². The second-order valence-electron chi connectivity index (χ2n) is 4.41. The molecule has 6 heteroatoms. The number of aliphatic hydroxyl groups excluding tert-OH is 1. The van der Waals surface area contributed by atoms with E-state index in [0.717, 1.165) is 0 Å². The van der Waals surface area contributed by atoms with Gasteiger partial charge in [-0.25, -0.2) is 4.98 Å². The third-order valence-electron chi connectivity index (χ3n) is 2.83. The normalized spacial score (nSPS) is 11.9. The Morgan fingerprint density at radius 2 is 2.10 bits per heavy atom. The third kappa shape index (κ3) is 3.10. The van der Waals surface area contributed by atoms with E-state index in [1.54, 1.807) is 32.0 Å². The first-order chi connectivity index (χ1) is 9.47. The van der Waals surface area contributed by atoms with Gasteiger partial charge in [-0.05, 0) is 37.6 Å². The number of aryl methyl sites for hydroxylation is 1. The summed E-state index contributed by atoms with van der Waals surface area (Å²) in [4.78, 5) is 14.3. The highest BCUT2D eigenvalue weighted by atomic mass is 16.6. The average molecular weight is 274 g/mol. The van der Waals surface area contributed by atoms with Gasteiger partial charge in [-0.2, -0.15) is 0 Å². The Labute approximate surface area is 115 Å². The lowest BCUT2D eigenvalue weighted by Gasteiger charge is -2.08. The van der Waals surface area contributed by atoms with Crippen LogP contribution in [0.15, 0.2) is 36.5 Å². The Balaban J connectivity index is 2.24. The summed E-state index contributed by atoms with van der Waals surface area (Å²) in [5.41, 5.74) is 1.25. The molecule has 0 spiro atoms. The van der Waals surface area contributed by atoms with Gasteiger partial charge in [-0.15, -0.1) is 0 Å². The van der Waals surface area contributed by atoms with Gasteiger partial charge in [-0.3, -0.25) is 10.1 Å². The molecule has 0 amide bonds. The number of pyridine rings is 1. The number of aromatic nitrogens is 1. The number of nitrogens with zero attached hydrogens (tertiary/aromatic N) is 2. The molecule has 0 fully saturated rings. The zero-order valence-corrected chi connectivity index (χ0v) is 11.1. The van der Waals surface area contributed by atoms with E-state index in [1.165, 1.54) is 18.3 Å². The molecule has 2 aromatic rings. The van der Waals surface area contributed by atoms with Gasteiger partial charge >= 0.3 is 0 Å². The fourth-order valence-corrected chi connectivity index (χ4v) is 1.76. The van der Waals surface area contributed by atoms with Crippen LogP contribution in [0.2, 0.25) is 0 Å². The Morgan fingerprint density at radius 1 is 1.35 bits per heavy atom. The summed E-state index contributed by atoms with van der Waals surface area (Å²) in [5, 5.41) is 20.2. The summed E-state index contributed by atoms with van der Waals surface area (Å²) < 4.78 is 5.54. The van der Waals surface area contributed by atoms with E-state index in [4.69, 9.17) is 4.74 Å². The van der Waals surface area contributed by atoms with E-state index < -0.39 is 11.0 Å². The van der Waals surface area contributed by atoms with Crippen molar-refractivity contribution in [3.63, 3.8) is 0 Å². The minimum atomic E-state index is -0.612. The first-order valence-electron chi connectivity index (χ1n) is 6.04. The molecule has 1 aromatic carbocycles. The van der Waals surface area contributed by atoms with Crippen LogP contribution < -0.4 is 4.74 Å². The molecular weight excluding hydrogens is 260 g/mol. The maximum absolute atomic E-state index is 10.7. The number of nitro groups is 1. The van der Waals surface area contributed by atoms with Crippen LogP contribution in [0.4, 0.5) is 5.69 Å². The van der Waals surface area contributed by atoms with Crippen LogP contribution in [0.1, 0.15) is 24.2 Å². The predicted octanol–water partition coefficient (Wildman–Crippen LogP) is 3.14. The van der Waals surface area contributed by atoms with Crippen LogP contribution in [0, 0.1) is 17.0 Å². The quantitative estimate of drug-likeness (QED) is 0.683. The molecule has 0 aliphatic rings. The fraction of sp³-hybridized carbons (Fsp3) is 0.214. The largest absolute Gasteiger partial charge is 0.439 e. The van der Waals surface area contributed by atoms with Crippen LogP contribution in [-0.2, 0) is 0 Å². The minimum absolute atomic E-state index is 0.0445. The van der Waals surface area contributed by atoms with Gasteiger partial charge in [0.05, 0.1) is 11.0 Å². The summed E-state index contributed by atoms with van der Waals surface area (Å²) in [6, 6.07) is 7.81. The minimum Gasteiger partial charge on any atom is -0.439 e. The molecule has 0 aliphatic heterocycles. The molecule has 6 nitrogen and oxygen atoms in total. The molecule has 1 atom stereocenters. The molecule has 0 bridgehead atoms. The van der Waals surface area contributed by atoms with Gasteiger partial charge < -0.3 is 9.84 Å². The first-order valence-corrected chi connectivity index (χ1v) is 6.04. The Kier molecular flexibility index (Phi) is 3.95. The van der Waals surface area contributed by atoms with Gasteiger partial charge in [0.25, 0.3) is 5.69 Å².